The molecule has 1 aromatic carbocycles. The molecule has 1 aliphatic rings. The van der Waals surface area contributed by atoms with Crippen LogP contribution < -0.4 is 11.1 Å². The number of allylic oxidation sites excluding steroid dienone is 2. The second-order valence-corrected chi connectivity index (χ2v) is 8.65. The van der Waals surface area contributed by atoms with Crippen molar-refractivity contribution in [3.63, 3.8) is 0 Å². The number of halogens is 3. The number of nitrogens with zero attached hydrogens (tertiary/aromatic N) is 1. The number of carbonyl (C=O) groups excluding carboxylic acids is 1. The number of hydrogen-bond donors (Lipinski definition) is 3. The lowest BCUT2D eigenvalue weighted by atomic mass is 9.76. The third kappa shape index (κ3) is 9.87. The van der Waals surface area contributed by atoms with Crippen LogP contribution >= 0.6 is 0 Å². The van der Waals surface area contributed by atoms with Crippen molar-refractivity contribution in [3.05, 3.63) is 35.4 Å². The zero-order valence-corrected chi connectivity index (χ0v) is 18.5. The summed E-state index contributed by atoms with van der Waals surface area (Å²) in [5, 5.41) is 10.1. The molecule has 0 aliphatic heterocycles. The van der Waals surface area contributed by atoms with Crippen LogP contribution in [0, 0.1) is 5.41 Å². The minimum atomic E-state index is -5.08. The van der Waals surface area contributed by atoms with E-state index in [9.17, 15) is 18.0 Å². The fraction of sp³-hybridized carbons (Fsp3) is 0.545. The second-order valence-electron chi connectivity index (χ2n) is 8.65. The van der Waals surface area contributed by atoms with Crippen molar-refractivity contribution < 1.29 is 27.9 Å². The summed E-state index contributed by atoms with van der Waals surface area (Å²) in [6.07, 6.45) is 0.940. The van der Waals surface area contributed by atoms with E-state index in [0.717, 1.165) is 36.2 Å². The third-order valence-electron chi connectivity index (χ3n) is 4.92. The van der Waals surface area contributed by atoms with Crippen molar-refractivity contribution in [1.82, 2.24) is 10.2 Å². The molecule has 0 saturated carbocycles. The van der Waals surface area contributed by atoms with Crippen molar-refractivity contribution in [1.29, 1.82) is 0 Å². The van der Waals surface area contributed by atoms with Crippen LogP contribution in [0.5, 0.6) is 0 Å². The lowest BCUT2D eigenvalue weighted by Crippen LogP contribution is -2.32. The van der Waals surface area contributed by atoms with Gasteiger partial charge in [-0.25, -0.2) is 4.79 Å². The predicted molar refractivity (Wildman–Crippen MR) is 115 cm³/mol. The number of carbonyl (C=O) groups is 2. The number of carboxylic acids is 1. The molecule has 9 heteroatoms. The standard InChI is InChI=1S/C20H31N3O.C2HF3O2/c1-20(2)9-7-16(8-10-20)17-13-15(5-6-18(17)21)14-19(24)22-11-12-23(3)4;3-2(4,5)1(6)7/h5-7,13H,8-12,14,21H2,1-4H3,(H,22,24);(H,6,7). The average Bonchev–Trinajstić information content (AvgIpc) is 2.63. The SMILES string of the molecule is CN(C)CCNC(=O)Cc1ccc(N)c(C2=CCC(C)(C)CC2)c1.O=C(O)C(F)(F)F. The Morgan fingerprint density at radius 3 is 2.35 bits per heavy atom. The van der Waals surface area contributed by atoms with Gasteiger partial charge in [-0.2, -0.15) is 13.2 Å². The Bertz CT molecular complexity index is 803. The van der Waals surface area contributed by atoms with Gasteiger partial charge in [-0.1, -0.05) is 26.0 Å². The number of rotatable bonds is 6. The first-order valence-electron chi connectivity index (χ1n) is 10.0. The summed E-state index contributed by atoms with van der Waals surface area (Å²) in [7, 11) is 4.00. The minimum Gasteiger partial charge on any atom is -0.475 e. The molecule has 1 amide bonds. The summed E-state index contributed by atoms with van der Waals surface area (Å²) < 4.78 is 31.7. The van der Waals surface area contributed by atoms with Gasteiger partial charge in [0.25, 0.3) is 0 Å². The van der Waals surface area contributed by atoms with E-state index < -0.39 is 12.1 Å². The first-order valence-corrected chi connectivity index (χ1v) is 10.0. The highest BCUT2D eigenvalue weighted by Gasteiger charge is 2.38. The molecule has 0 heterocycles. The number of carboxylic acid groups (broad SMARTS) is 1. The molecule has 4 N–H and O–H groups in total. The summed E-state index contributed by atoms with van der Waals surface area (Å²) in [6.45, 7) is 6.13. The highest BCUT2D eigenvalue weighted by molar-refractivity contribution is 5.81. The number of alkyl halides is 3. The first-order chi connectivity index (χ1) is 14.2. The smallest absolute Gasteiger partial charge is 0.475 e. The van der Waals surface area contributed by atoms with Gasteiger partial charge < -0.3 is 21.1 Å². The van der Waals surface area contributed by atoms with E-state index >= 15 is 0 Å². The van der Waals surface area contributed by atoms with Gasteiger partial charge in [-0.15, -0.1) is 0 Å². The van der Waals surface area contributed by atoms with E-state index in [-0.39, 0.29) is 5.91 Å². The number of benzene rings is 1. The molecule has 0 radical (unpaired) electrons. The number of hydrogen-bond acceptors (Lipinski definition) is 4. The van der Waals surface area contributed by atoms with Crippen molar-refractivity contribution in [2.24, 2.45) is 5.41 Å². The maximum Gasteiger partial charge on any atom is 0.490 e. The summed E-state index contributed by atoms with van der Waals surface area (Å²) >= 11 is 0. The van der Waals surface area contributed by atoms with Crippen LogP contribution in [0.25, 0.3) is 5.57 Å². The van der Waals surface area contributed by atoms with Crippen LogP contribution in [0.15, 0.2) is 24.3 Å². The van der Waals surface area contributed by atoms with Gasteiger partial charge in [-0.3, -0.25) is 4.79 Å². The topological polar surface area (TPSA) is 95.7 Å². The second kappa shape index (κ2) is 11.2. The fourth-order valence-electron chi connectivity index (χ4n) is 2.98. The summed E-state index contributed by atoms with van der Waals surface area (Å²) in [5.41, 5.74) is 10.8. The lowest BCUT2D eigenvalue weighted by Gasteiger charge is -2.29. The molecule has 0 saturated heterocycles. The number of nitrogens with two attached hydrogens (primary N) is 1. The number of likely N-dealkylation sites (N-methyl/N-ethyl adjacent to an activating group) is 1. The zero-order valence-electron chi connectivity index (χ0n) is 18.5. The van der Waals surface area contributed by atoms with E-state index in [1.807, 2.05) is 26.2 Å². The van der Waals surface area contributed by atoms with Gasteiger partial charge in [0.2, 0.25) is 5.91 Å². The Morgan fingerprint density at radius 2 is 1.87 bits per heavy atom. The number of nitrogens with one attached hydrogen (secondary N) is 1. The van der Waals surface area contributed by atoms with Crippen molar-refractivity contribution in [2.45, 2.75) is 45.7 Å². The fourth-order valence-corrected chi connectivity index (χ4v) is 2.98. The molecule has 31 heavy (non-hydrogen) atoms. The van der Waals surface area contributed by atoms with Gasteiger partial charge >= 0.3 is 12.1 Å². The largest absolute Gasteiger partial charge is 0.490 e. The molecule has 0 unspecified atom stereocenters. The normalized spacial score (nSPS) is 15.5. The minimum absolute atomic E-state index is 0.0614. The highest BCUT2D eigenvalue weighted by Crippen LogP contribution is 2.39. The van der Waals surface area contributed by atoms with Crippen molar-refractivity contribution in [2.75, 3.05) is 32.9 Å². The number of aliphatic carboxylic acids is 1. The quantitative estimate of drug-likeness (QED) is 0.583. The molecule has 0 aromatic heterocycles. The molecule has 174 valence electrons. The van der Waals surface area contributed by atoms with Crippen molar-refractivity contribution in [3.8, 4) is 0 Å². The maximum atomic E-state index is 12.1. The predicted octanol–water partition coefficient (Wildman–Crippen LogP) is 3.72. The molecule has 2 rings (SSSR count). The Morgan fingerprint density at radius 1 is 1.26 bits per heavy atom. The summed E-state index contributed by atoms with van der Waals surface area (Å²) in [5.74, 6) is -2.70. The van der Waals surface area contributed by atoms with Crippen molar-refractivity contribution >= 4 is 23.1 Å². The van der Waals surface area contributed by atoms with E-state index in [0.29, 0.717) is 18.4 Å². The van der Waals surface area contributed by atoms with Crippen LogP contribution in [-0.4, -0.2) is 55.2 Å². The molecular weight excluding hydrogens is 411 g/mol. The molecule has 0 atom stereocenters. The van der Waals surface area contributed by atoms with Crippen LogP contribution in [0.2, 0.25) is 0 Å². The molecule has 1 aliphatic carbocycles. The van der Waals surface area contributed by atoms with Gasteiger partial charge in [-0.05, 0) is 62.0 Å². The monoisotopic (exact) mass is 443 g/mol. The van der Waals surface area contributed by atoms with Crippen LogP contribution in [-0.2, 0) is 16.0 Å². The summed E-state index contributed by atoms with van der Waals surface area (Å²) in [6, 6.07) is 5.97. The van der Waals surface area contributed by atoms with E-state index in [2.05, 4.69) is 36.2 Å². The van der Waals surface area contributed by atoms with Gasteiger partial charge in [0.15, 0.2) is 0 Å². The van der Waals surface area contributed by atoms with Gasteiger partial charge in [0.05, 0.1) is 6.42 Å². The average molecular weight is 444 g/mol. The highest BCUT2D eigenvalue weighted by atomic mass is 19.4. The van der Waals surface area contributed by atoms with Gasteiger partial charge in [0, 0.05) is 24.3 Å². The number of anilines is 1. The molecule has 0 fully saturated rings. The van der Waals surface area contributed by atoms with E-state index in [4.69, 9.17) is 15.6 Å². The Balaban J connectivity index is 0.000000592. The number of nitrogen functional groups attached to an aromatic ring is 1. The molecule has 0 bridgehead atoms. The van der Waals surface area contributed by atoms with E-state index in [1.165, 1.54) is 12.0 Å². The molecule has 1 aromatic rings. The number of amides is 1. The Labute approximate surface area is 181 Å². The summed E-state index contributed by atoms with van der Waals surface area (Å²) in [4.78, 5) is 23.0. The zero-order chi connectivity index (χ0) is 23.8. The lowest BCUT2D eigenvalue weighted by molar-refractivity contribution is -0.192. The van der Waals surface area contributed by atoms with Crippen LogP contribution in [0.1, 0.15) is 44.2 Å². The Kier molecular flexibility index (Phi) is 9.55. The maximum absolute atomic E-state index is 12.1. The van der Waals surface area contributed by atoms with Crippen LogP contribution in [0.4, 0.5) is 18.9 Å². The molecule has 6 nitrogen and oxygen atoms in total. The van der Waals surface area contributed by atoms with Gasteiger partial charge in [0.1, 0.15) is 0 Å². The van der Waals surface area contributed by atoms with E-state index in [1.54, 1.807) is 0 Å². The third-order valence-corrected chi connectivity index (χ3v) is 4.92. The molecule has 0 spiro atoms. The van der Waals surface area contributed by atoms with Crippen LogP contribution in [0.3, 0.4) is 0 Å². The first kappa shape index (κ1) is 26.5. The Hall–Kier alpha value is -2.55. The molecular formula is C22H32F3N3O3.